The van der Waals surface area contributed by atoms with E-state index in [1.54, 1.807) is 12.1 Å². The monoisotopic (exact) mass is 338 g/mol. The van der Waals surface area contributed by atoms with E-state index in [-0.39, 0.29) is 24.0 Å². The Kier molecular flexibility index (Phi) is 7.05. The molecular formula is C17H26N2O3S. The fourth-order valence-corrected chi connectivity index (χ4v) is 4.10. The molecule has 1 aliphatic heterocycles. The van der Waals surface area contributed by atoms with E-state index in [9.17, 15) is 13.2 Å². The number of amides is 1. The van der Waals surface area contributed by atoms with Gasteiger partial charge in [-0.25, -0.2) is 8.42 Å². The van der Waals surface area contributed by atoms with Crippen molar-refractivity contribution in [1.29, 1.82) is 0 Å². The number of rotatable bonds is 8. The van der Waals surface area contributed by atoms with Gasteiger partial charge in [0.15, 0.2) is 9.84 Å². The summed E-state index contributed by atoms with van der Waals surface area (Å²) in [4.78, 5) is 11.8. The highest BCUT2D eigenvalue weighted by Crippen LogP contribution is 2.17. The van der Waals surface area contributed by atoms with Gasteiger partial charge in [-0.1, -0.05) is 30.3 Å². The highest BCUT2D eigenvalue weighted by molar-refractivity contribution is 7.90. The standard InChI is InChI=1S/C17H26N2O3S/c20-17(7-6-15-8-10-18-11-9-15)19-12-13-23(21,22)14-16-4-2-1-3-5-16/h1-5,15,18H,6-14H2,(H,19,20). The van der Waals surface area contributed by atoms with Crippen molar-refractivity contribution in [2.45, 2.75) is 31.4 Å². The molecule has 0 unspecified atom stereocenters. The van der Waals surface area contributed by atoms with Gasteiger partial charge >= 0.3 is 0 Å². The number of piperidine rings is 1. The molecule has 128 valence electrons. The maximum atomic E-state index is 12.0. The summed E-state index contributed by atoms with van der Waals surface area (Å²) in [7, 11) is -3.19. The Morgan fingerprint density at radius 2 is 1.87 bits per heavy atom. The van der Waals surface area contributed by atoms with Gasteiger partial charge in [0.05, 0.1) is 11.5 Å². The van der Waals surface area contributed by atoms with E-state index < -0.39 is 9.84 Å². The number of sulfone groups is 1. The molecule has 2 rings (SSSR count). The summed E-state index contributed by atoms with van der Waals surface area (Å²) in [5.74, 6) is 0.585. The van der Waals surface area contributed by atoms with Crippen LogP contribution in [0.4, 0.5) is 0 Å². The van der Waals surface area contributed by atoms with Crippen molar-refractivity contribution in [2.24, 2.45) is 5.92 Å². The van der Waals surface area contributed by atoms with Crippen LogP contribution in [0.15, 0.2) is 30.3 Å². The van der Waals surface area contributed by atoms with E-state index in [0.29, 0.717) is 12.3 Å². The second-order valence-electron chi connectivity index (χ2n) is 6.16. The largest absolute Gasteiger partial charge is 0.355 e. The molecule has 0 spiro atoms. The summed E-state index contributed by atoms with van der Waals surface area (Å²) in [6.07, 6.45) is 3.63. The quantitative estimate of drug-likeness (QED) is 0.753. The van der Waals surface area contributed by atoms with Crippen LogP contribution >= 0.6 is 0 Å². The fraction of sp³-hybridized carbons (Fsp3) is 0.588. The molecule has 1 amide bonds. The molecule has 0 aromatic heterocycles. The number of carbonyl (C=O) groups excluding carboxylic acids is 1. The summed E-state index contributed by atoms with van der Waals surface area (Å²) in [5, 5.41) is 6.04. The van der Waals surface area contributed by atoms with Crippen LogP contribution in [0, 0.1) is 5.92 Å². The van der Waals surface area contributed by atoms with E-state index in [1.165, 1.54) is 0 Å². The zero-order chi connectivity index (χ0) is 16.5. The highest BCUT2D eigenvalue weighted by Gasteiger charge is 2.15. The van der Waals surface area contributed by atoms with E-state index in [0.717, 1.165) is 37.9 Å². The van der Waals surface area contributed by atoms with E-state index in [2.05, 4.69) is 10.6 Å². The number of hydrogen-bond acceptors (Lipinski definition) is 4. The highest BCUT2D eigenvalue weighted by atomic mass is 32.2. The van der Waals surface area contributed by atoms with Crippen LogP contribution in [0.2, 0.25) is 0 Å². The third-order valence-corrected chi connectivity index (χ3v) is 5.80. The molecule has 1 saturated heterocycles. The average Bonchev–Trinajstić information content (AvgIpc) is 2.54. The lowest BCUT2D eigenvalue weighted by Gasteiger charge is -2.22. The predicted octanol–water partition coefficient (Wildman–Crippen LogP) is 1.50. The molecule has 6 heteroatoms. The Hall–Kier alpha value is -1.40. The van der Waals surface area contributed by atoms with Crippen LogP contribution < -0.4 is 10.6 Å². The molecule has 0 atom stereocenters. The third-order valence-electron chi connectivity index (χ3n) is 4.20. The molecule has 0 radical (unpaired) electrons. The predicted molar refractivity (Wildman–Crippen MR) is 91.8 cm³/mol. The van der Waals surface area contributed by atoms with Gasteiger partial charge in [0.25, 0.3) is 0 Å². The van der Waals surface area contributed by atoms with Crippen molar-refractivity contribution in [3.8, 4) is 0 Å². The van der Waals surface area contributed by atoms with Crippen LogP contribution in [-0.4, -0.2) is 39.7 Å². The molecule has 0 aliphatic carbocycles. The van der Waals surface area contributed by atoms with Gasteiger partial charge in [0, 0.05) is 13.0 Å². The Labute approximate surface area is 138 Å². The molecule has 1 aromatic carbocycles. The van der Waals surface area contributed by atoms with Gasteiger partial charge in [-0.3, -0.25) is 4.79 Å². The molecule has 1 heterocycles. The molecule has 1 aliphatic rings. The third kappa shape index (κ3) is 7.14. The number of nitrogens with one attached hydrogen (secondary N) is 2. The second kappa shape index (κ2) is 9.03. The minimum atomic E-state index is -3.19. The van der Waals surface area contributed by atoms with Crippen LogP contribution in [-0.2, 0) is 20.4 Å². The first kappa shape index (κ1) is 17.9. The van der Waals surface area contributed by atoms with Gasteiger partial charge < -0.3 is 10.6 Å². The summed E-state index contributed by atoms with van der Waals surface area (Å²) in [6, 6.07) is 9.11. The van der Waals surface area contributed by atoms with Crippen LogP contribution in [0.5, 0.6) is 0 Å². The number of benzene rings is 1. The maximum Gasteiger partial charge on any atom is 0.220 e. The molecule has 0 saturated carbocycles. The van der Waals surface area contributed by atoms with Crippen molar-refractivity contribution in [2.75, 3.05) is 25.4 Å². The normalized spacial score (nSPS) is 16.2. The molecule has 23 heavy (non-hydrogen) atoms. The van der Waals surface area contributed by atoms with Crippen molar-refractivity contribution in [1.82, 2.24) is 10.6 Å². The Morgan fingerprint density at radius 3 is 2.57 bits per heavy atom. The van der Waals surface area contributed by atoms with E-state index in [4.69, 9.17) is 0 Å². The molecule has 0 bridgehead atoms. The Morgan fingerprint density at radius 1 is 1.17 bits per heavy atom. The lowest BCUT2D eigenvalue weighted by atomic mass is 9.93. The van der Waals surface area contributed by atoms with Crippen LogP contribution in [0.1, 0.15) is 31.2 Å². The Balaban J connectivity index is 1.64. The topological polar surface area (TPSA) is 75.3 Å². The molecule has 5 nitrogen and oxygen atoms in total. The van der Waals surface area contributed by atoms with Crippen molar-refractivity contribution < 1.29 is 13.2 Å². The van der Waals surface area contributed by atoms with Crippen molar-refractivity contribution >= 4 is 15.7 Å². The van der Waals surface area contributed by atoms with E-state index in [1.807, 2.05) is 18.2 Å². The van der Waals surface area contributed by atoms with Crippen LogP contribution in [0.25, 0.3) is 0 Å². The first-order valence-electron chi connectivity index (χ1n) is 8.27. The minimum absolute atomic E-state index is 0.0129. The average molecular weight is 338 g/mol. The molecule has 1 aromatic rings. The number of hydrogen-bond donors (Lipinski definition) is 2. The van der Waals surface area contributed by atoms with Gasteiger partial charge in [0.2, 0.25) is 5.91 Å². The second-order valence-corrected chi connectivity index (χ2v) is 8.34. The fourth-order valence-electron chi connectivity index (χ4n) is 2.84. The molecular weight excluding hydrogens is 312 g/mol. The summed E-state index contributed by atoms with van der Waals surface area (Å²) < 4.78 is 24.1. The molecule has 1 fully saturated rings. The zero-order valence-electron chi connectivity index (χ0n) is 13.5. The SMILES string of the molecule is O=C(CCC1CCNCC1)NCCS(=O)(=O)Cc1ccccc1. The lowest BCUT2D eigenvalue weighted by Crippen LogP contribution is -2.31. The smallest absolute Gasteiger partial charge is 0.220 e. The Bertz CT molecular complexity index is 581. The minimum Gasteiger partial charge on any atom is -0.355 e. The van der Waals surface area contributed by atoms with E-state index >= 15 is 0 Å². The number of carbonyl (C=O) groups is 1. The molecule has 2 N–H and O–H groups in total. The van der Waals surface area contributed by atoms with Gasteiger partial charge in [0.1, 0.15) is 0 Å². The maximum absolute atomic E-state index is 12.0. The van der Waals surface area contributed by atoms with Gasteiger partial charge in [-0.15, -0.1) is 0 Å². The summed E-state index contributed by atoms with van der Waals surface area (Å²) >= 11 is 0. The zero-order valence-corrected chi connectivity index (χ0v) is 14.3. The summed E-state index contributed by atoms with van der Waals surface area (Å²) in [6.45, 7) is 2.26. The first-order chi connectivity index (χ1) is 11.1. The van der Waals surface area contributed by atoms with Crippen LogP contribution in [0.3, 0.4) is 0 Å². The summed E-state index contributed by atoms with van der Waals surface area (Å²) in [5.41, 5.74) is 0.782. The first-order valence-corrected chi connectivity index (χ1v) is 10.1. The lowest BCUT2D eigenvalue weighted by molar-refractivity contribution is -0.121. The van der Waals surface area contributed by atoms with Gasteiger partial charge in [-0.05, 0) is 43.8 Å². The van der Waals surface area contributed by atoms with Crippen molar-refractivity contribution in [3.05, 3.63) is 35.9 Å². The van der Waals surface area contributed by atoms with Crippen molar-refractivity contribution in [3.63, 3.8) is 0 Å². The van der Waals surface area contributed by atoms with Gasteiger partial charge in [-0.2, -0.15) is 0 Å².